The first-order valence-electron chi connectivity index (χ1n) is 11.0. The van der Waals surface area contributed by atoms with Gasteiger partial charge in [-0.05, 0) is 61.3 Å². The molecule has 3 fully saturated rings. The van der Waals surface area contributed by atoms with Crippen molar-refractivity contribution in [3.63, 3.8) is 0 Å². The first kappa shape index (κ1) is 20.4. The van der Waals surface area contributed by atoms with Gasteiger partial charge in [0.1, 0.15) is 0 Å². The highest BCUT2D eigenvalue weighted by molar-refractivity contribution is 5.89. The predicted octanol–water partition coefficient (Wildman–Crippen LogP) is 2.88. The van der Waals surface area contributed by atoms with Crippen LogP contribution in [-0.4, -0.2) is 62.0 Å². The molecule has 0 bridgehead atoms. The van der Waals surface area contributed by atoms with Gasteiger partial charge in [0.15, 0.2) is 0 Å². The molecule has 5 heteroatoms. The first-order chi connectivity index (χ1) is 13.3. The Kier molecular flexibility index (Phi) is 5.39. The molecule has 1 amide bonds. The summed E-state index contributed by atoms with van der Waals surface area (Å²) in [5.74, 6) is 2.18. The smallest absolute Gasteiger partial charge is 0.246 e. The molecule has 0 spiro atoms. The molecule has 158 valence electrons. The molecule has 1 N–H and O–H groups in total. The van der Waals surface area contributed by atoms with E-state index in [-0.39, 0.29) is 28.9 Å². The van der Waals surface area contributed by atoms with E-state index in [4.69, 9.17) is 9.47 Å². The van der Waals surface area contributed by atoms with Gasteiger partial charge < -0.3 is 19.5 Å². The van der Waals surface area contributed by atoms with E-state index in [1.54, 1.807) is 13.2 Å². The summed E-state index contributed by atoms with van der Waals surface area (Å²) in [6, 6.07) is 0.185. The van der Waals surface area contributed by atoms with Gasteiger partial charge in [-0.1, -0.05) is 19.9 Å². The highest BCUT2D eigenvalue weighted by atomic mass is 16.5. The van der Waals surface area contributed by atoms with Gasteiger partial charge in [-0.3, -0.25) is 4.79 Å². The Morgan fingerprint density at radius 3 is 2.75 bits per heavy atom. The summed E-state index contributed by atoms with van der Waals surface area (Å²) < 4.78 is 11.1. The normalized spacial score (nSPS) is 47.6. The summed E-state index contributed by atoms with van der Waals surface area (Å²) in [5, 5.41) is 10.7. The summed E-state index contributed by atoms with van der Waals surface area (Å²) in [5.41, 5.74) is 0.0433. The molecule has 1 heterocycles. The lowest BCUT2D eigenvalue weighted by atomic mass is 9.46. The Labute approximate surface area is 169 Å². The van der Waals surface area contributed by atoms with Gasteiger partial charge in [0.2, 0.25) is 5.91 Å². The van der Waals surface area contributed by atoms with Crippen molar-refractivity contribution in [1.29, 1.82) is 0 Å². The zero-order valence-corrected chi connectivity index (χ0v) is 17.9. The summed E-state index contributed by atoms with van der Waals surface area (Å²) in [6.45, 7) is 6.55. The van der Waals surface area contributed by atoms with E-state index in [2.05, 4.69) is 19.9 Å². The molecule has 0 aromatic carbocycles. The van der Waals surface area contributed by atoms with Crippen LogP contribution < -0.4 is 0 Å². The monoisotopic (exact) mass is 391 g/mol. The van der Waals surface area contributed by atoms with Crippen LogP contribution in [0.4, 0.5) is 0 Å². The number of aliphatic hydroxyl groups excluding tert-OH is 1. The zero-order valence-electron chi connectivity index (χ0n) is 17.9. The van der Waals surface area contributed by atoms with Gasteiger partial charge in [0, 0.05) is 31.5 Å². The molecule has 4 rings (SSSR count). The number of likely N-dealkylation sites (N-methyl/N-ethyl adjacent to an activating group) is 1. The highest BCUT2D eigenvalue weighted by Gasteiger charge is 2.62. The van der Waals surface area contributed by atoms with Gasteiger partial charge in [0.25, 0.3) is 0 Å². The Morgan fingerprint density at radius 1 is 1.21 bits per heavy atom. The minimum Gasteiger partial charge on any atom is -0.393 e. The van der Waals surface area contributed by atoms with E-state index in [1.807, 2.05) is 11.9 Å². The van der Waals surface area contributed by atoms with E-state index >= 15 is 0 Å². The third-order valence-electron chi connectivity index (χ3n) is 8.96. The maximum atomic E-state index is 12.5. The van der Waals surface area contributed by atoms with Crippen molar-refractivity contribution >= 4 is 5.91 Å². The molecular weight excluding hydrogens is 354 g/mol. The lowest BCUT2D eigenvalue weighted by molar-refractivity contribution is -0.153. The van der Waals surface area contributed by atoms with Crippen LogP contribution in [0.3, 0.4) is 0 Å². The molecule has 1 aliphatic heterocycles. The third kappa shape index (κ3) is 2.96. The van der Waals surface area contributed by atoms with Crippen LogP contribution in [0.5, 0.6) is 0 Å². The largest absolute Gasteiger partial charge is 0.393 e. The van der Waals surface area contributed by atoms with Gasteiger partial charge in [-0.15, -0.1) is 0 Å². The highest BCUT2D eigenvalue weighted by Crippen LogP contribution is 2.64. The summed E-state index contributed by atoms with van der Waals surface area (Å²) >= 11 is 0. The molecule has 0 aromatic rings. The van der Waals surface area contributed by atoms with Gasteiger partial charge in [-0.2, -0.15) is 0 Å². The first-order valence-corrected chi connectivity index (χ1v) is 11.0. The Balaban J connectivity index is 1.65. The number of rotatable bonds is 5. The molecule has 0 saturated heterocycles. The Bertz CT molecular complexity index is 636. The minimum atomic E-state index is -0.161. The number of carbonyl (C=O) groups excluding carboxylic acids is 1. The van der Waals surface area contributed by atoms with Crippen LogP contribution in [0, 0.1) is 34.5 Å². The van der Waals surface area contributed by atoms with Crippen molar-refractivity contribution in [2.45, 2.75) is 58.1 Å². The summed E-state index contributed by atoms with van der Waals surface area (Å²) in [7, 11) is 3.65. The molecule has 8 atom stereocenters. The van der Waals surface area contributed by atoms with E-state index in [0.29, 0.717) is 43.5 Å². The van der Waals surface area contributed by atoms with Crippen LogP contribution in [0.15, 0.2) is 12.2 Å². The van der Waals surface area contributed by atoms with Crippen molar-refractivity contribution in [3.8, 4) is 0 Å². The van der Waals surface area contributed by atoms with Crippen molar-refractivity contribution in [2.24, 2.45) is 34.5 Å². The zero-order chi connectivity index (χ0) is 20.1. The SMILES string of the molecule is COCCOCC1C[C@@H]2[C@@H](CC[C@]3(C)C(O)CC[C@@H]23)[C@@]2(C)C=CC(=O)N(C)C12. The van der Waals surface area contributed by atoms with E-state index < -0.39 is 0 Å². The lowest BCUT2D eigenvalue weighted by Crippen LogP contribution is -2.63. The van der Waals surface area contributed by atoms with Gasteiger partial charge in [-0.25, -0.2) is 0 Å². The van der Waals surface area contributed by atoms with Crippen LogP contribution in [-0.2, 0) is 14.3 Å². The predicted molar refractivity (Wildman–Crippen MR) is 108 cm³/mol. The lowest BCUT2D eigenvalue weighted by Gasteiger charge is -2.62. The maximum Gasteiger partial charge on any atom is 0.246 e. The number of hydrogen-bond donors (Lipinski definition) is 1. The number of ether oxygens (including phenoxy) is 2. The Morgan fingerprint density at radius 2 is 2.00 bits per heavy atom. The van der Waals surface area contributed by atoms with Crippen LogP contribution >= 0.6 is 0 Å². The van der Waals surface area contributed by atoms with Crippen LogP contribution in [0.25, 0.3) is 0 Å². The fourth-order valence-corrected chi connectivity index (χ4v) is 7.56. The quantitative estimate of drug-likeness (QED) is 0.732. The van der Waals surface area contributed by atoms with E-state index in [9.17, 15) is 9.90 Å². The molecule has 3 unspecified atom stereocenters. The summed E-state index contributed by atoms with van der Waals surface area (Å²) in [4.78, 5) is 14.5. The number of aliphatic hydroxyl groups is 1. The molecule has 3 aliphatic carbocycles. The molecular formula is C23H37NO4. The molecule has 0 aromatic heterocycles. The fraction of sp³-hybridized carbons (Fsp3) is 0.870. The average molecular weight is 392 g/mol. The Hall–Kier alpha value is -0.910. The van der Waals surface area contributed by atoms with Crippen molar-refractivity contribution in [1.82, 2.24) is 4.90 Å². The van der Waals surface area contributed by atoms with Crippen molar-refractivity contribution in [3.05, 3.63) is 12.2 Å². The molecule has 0 radical (unpaired) electrons. The number of fused-ring (bicyclic) bond motifs is 5. The summed E-state index contributed by atoms with van der Waals surface area (Å²) in [6.07, 6.45) is 9.26. The molecule has 4 aliphatic rings. The third-order valence-corrected chi connectivity index (χ3v) is 8.96. The van der Waals surface area contributed by atoms with E-state index in [1.165, 1.54) is 0 Å². The van der Waals surface area contributed by atoms with Crippen molar-refractivity contribution in [2.75, 3.05) is 34.0 Å². The van der Waals surface area contributed by atoms with E-state index in [0.717, 1.165) is 32.1 Å². The standard InChI is InChI=1S/C23H37NO4/c1-22-9-7-18-16(17(22)5-6-19(22)25)13-15(14-28-12-11-27-4)21-23(18,2)10-8-20(26)24(21)3/h8,10,15-19,21,25H,5-7,9,11-14H2,1-4H3/t15?,16-,17-,18+,19?,21?,22-,23+/m0/s1. The molecule has 5 nitrogen and oxygen atoms in total. The average Bonchev–Trinajstić information content (AvgIpc) is 2.97. The second-order valence-electron chi connectivity index (χ2n) is 10.2. The number of amides is 1. The van der Waals surface area contributed by atoms with Crippen molar-refractivity contribution < 1.29 is 19.4 Å². The second-order valence-corrected chi connectivity index (χ2v) is 10.2. The van der Waals surface area contributed by atoms with Gasteiger partial charge in [0.05, 0.1) is 25.9 Å². The number of carbonyl (C=O) groups is 1. The minimum absolute atomic E-state index is 0.0181. The maximum absolute atomic E-state index is 12.5. The second kappa shape index (κ2) is 7.41. The topological polar surface area (TPSA) is 59.0 Å². The molecule has 28 heavy (non-hydrogen) atoms. The van der Waals surface area contributed by atoms with Crippen LogP contribution in [0.1, 0.15) is 46.0 Å². The fourth-order valence-electron chi connectivity index (χ4n) is 7.56. The van der Waals surface area contributed by atoms with Crippen LogP contribution in [0.2, 0.25) is 0 Å². The number of hydrogen-bond acceptors (Lipinski definition) is 4. The number of nitrogens with zero attached hydrogens (tertiary/aromatic N) is 1. The number of methoxy groups -OCH3 is 1. The molecule has 3 saturated carbocycles. The van der Waals surface area contributed by atoms with Gasteiger partial charge >= 0.3 is 0 Å².